The summed E-state index contributed by atoms with van der Waals surface area (Å²) in [5, 5.41) is 3.39. The Labute approximate surface area is 169 Å². The van der Waals surface area contributed by atoms with E-state index in [1.807, 2.05) is 42.0 Å². The lowest BCUT2D eigenvalue weighted by molar-refractivity contribution is -0.677. The van der Waals surface area contributed by atoms with E-state index >= 15 is 0 Å². The number of aryl methyl sites for hydroxylation is 1. The number of aromatic nitrogens is 2. The maximum Gasteiger partial charge on any atom is 0.401 e. The predicted molar refractivity (Wildman–Crippen MR) is 108 cm³/mol. The van der Waals surface area contributed by atoms with Crippen LogP contribution in [-0.4, -0.2) is 59.9 Å². The van der Waals surface area contributed by atoms with E-state index in [0.29, 0.717) is 11.8 Å². The molecule has 1 unspecified atom stereocenters. The summed E-state index contributed by atoms with van der Waals surface area (Å²) in [6, 6.07) is 6.87. The smallest absolute Gasteiger partial charge is 0.401 e. The molecule has 2 aliphatic heterocycles. The minimum Gasteiger partial charge on any atom is -0.495 e. The summed E-state index contributed by atoms with van der Waals surface area (Å²) in [5.74, 6) is 1.73. The van der Waals surface area contributed by atoms with Crippen LogP contribution in [-0.2, 0) is 11.3 Å². The summed E-state index contributed by atoms with van der Waals surface area (Å²) in [4.78, 5) is 32.1. The van der Waals surface area contributed by atoms with Crippen molar-refractivity contribution in [1.82, 2.24) is 14.4 Å². The molecule has 152 valence electrons. The van der Waals surface area contributed by atoms with Crippen LogP contribution in [0.15, 0.2) is 35.5 Å². The van der Waals surface area contributed by atoms with Gasteiger partial charge in [-0.2, -0.15) is 0 Å². The minimum absolute atomic E-state index is 0.259. The molecule has 1 aromatic heterocycles. The van der Waals surface area contributed by atoms with Crippen molar-refractivity contribution in [2.24, 2.45) is 4.99 Å². The number of aliphatic imine (C=N–C) groups is 1. The topological polar surface area (TPSA) is 83.0 Å². The van der Waals surface area contributed by atoms with Crippen molar-refractivity contribution in [2.75, 3.05) is 33.1 Å². The van der Waals surface area contributed by atoms with Gasteiger partial charge in [-0.1, -0.05) is 17.1 Å². The van der Waals surface area contributed by atoms with Gasteiger partial charge in [0.1, 0.15) is 17.6 Å². The molecule has 1 N–H and O–H groups in total. The van der Waals surface area contributed by atoms with Gasteiger partial charge in [-0.3, -0.25) is 14.6 Å². The number of benzene rings is 1. The Balaban J connectivity index is 1.50. The summed E-state index contributed by atoms with van der Waals surface area (Å²) in [6.07, 6.45) is 2.79. The van der Waals surface area contributed by atoms with Crippen molar-refractivity contribution in [3.05, 3.63) is 36.2 Å². The van der Waals surface area contributed by atoms with Gasteiger partial charge in [0.25, 0.3) is 5.91 Å². The van der Waals surface area contributed by atoms with Gasteiger partial charge in [-0.05, 0) is 25.5 Å². The second kappa shape index (κ2) is 7.23. The van der Waals surface area contributed by atoms with Crippen molar-refractivity contribution in [2.45, 2.75) is 25.9 Å². The van der Waals surface area contributed by atoms with Crippen molar-refractivity contribution < 1.29 is 18.9 Å². The number of nitrogens with one attached hydrogen (secondary N) is 1. The Morgan fingerprint density at radius 2 is 1.97 bits per heavy atom. The highest BCUT2D eigenvalue weighted by molar-refractivity contribution is 6.18. The van der Waals surface area contributed by atoms with E-state index < -0.39 is 6.04 Å². The quantitative estimate of drug-likeness (QED) is 0.594. The van der Waals surface area contributed by atoms with E-state index in [2.05, 4.69) is 14.9 Å². The normalized spacial score (nSPS) is 17.9. The molecule has 0 spiro atoms. The molecule has 0 radical (unpaired) electrons. The number of ether oxygens (including phenoxy) is 1. The first-order valence-electron chi connectivity index (χ1n) is 9.56. The van der Waals surface area contributed by atoms with Gasteiger partial charge in [-0.25, -0.2) is 13.9 Å². The zero-order valence-electron chi connectivity index (χ0n) is 17.0. The number of imide groups is 1. The Morgan fingerprint density at radius 1 is 1.21 bits per heavy atom. The maximum atomic E-state index is 12.7. The highest BCUT2D eigenvalue weighted by atomic mass is 16.5. The van der Waals surface area contributed by atoms with E-state index in [1.54, 1.807) is 14.2 Å². The van der Waals surface area contributed by atoms with Gasteiger partial charge in [0.05, 0.1) is 19.3 Å². The number of likely N-dealkylation sites (N-methyl/N-ethyl adjacent to an activating group) is 2. The Kier molecular flexibility index (Phi) is 4.73. The number of anilines is 1. The molecule has 1 saturated heterocycles. The van der Waals surface area contributed by atoms with Gasteiger partial charge in [0.2, 0.25) is 11.9 Å². The molecular formula is C20H25N6O3+. The molecule has 1 aromatic carbocycles. The van der Waals surface area contributed by atoms with Crippen LogP contribution in [0.2, 0.25) is 0 Å². The average molecular weight is 397 g/mol. The van der Waals surface area contributed by atoms with Crippen LogP contribution < -0.4 is 14.6 Å². The standard InChI is InChI=1S/C20H25N6O3/c1-13-12-26-16-17(23(2)20(28)24(3)18(16)27)22-19(26)25(13)11-7-10-21-14-8-5-6-9-15(14)29-4/h5-6,8-9,12,16,21H,7,10-11H2,1-4H3/q+1. The molecule has 0 bridgehead atoms. The molecule has 0 saturated carbocycles. The van der Waals surface area contributed by atoms with Gasteiger partial charge >= 0.3 is 12.0 Å². The Bertz CT molecular complexity index is 1010. The third-order valence-electron chi connectivity index (χ3n) is 5.42. The maximum absolute atomic E-state index is 12.7. The third kappa shape index (κ3) is 3.02. The highest BCUT2D eigenvalue weighted by Gasteiger charge is 2.52. The van der Waals surface area contributed by atoms with Crippen LogP contribution in [0.3, 0.4) is 0 Å². The number of amides is 3. The fraction of sp³-hybridized carbons (Fsp3) is 0.400. The Morgan fingerprint density at radius 3 is 2.72 bits per heavy atom. The summed E-state index contributed by atoms with van der Waals surface area (Å²) < 4.78 is 9.31. The minimum atomic E-state index is -0.579. The third-order valence-corrected chi connectivity index (χ3v) is 5.42. The van der Waals surface area contributed by atoms with Gasteiger partial charge in [0.15, 0.2) is 0 Å². The van der Waals surface area contributed by atoms with E-state index in [1.165, 1.54) is 11.9 Å². The van der Waals surface area contributed by atoms with Crippen molar-refractivity contribution in [3.63, 3.8) is 0 Å². The number of methoxy groups -OCH3 is 1. The first kappa shape index (κ1) is 19.0. The second-order valence-electron chi connectivity index (χ2n) is 7.22. The number of urea groups is 1. The lowest BCUT2D eigenvalue weighted by atomic mass is 10.2. The van der Waals surface area contributed by atoms with Crippen LogP contribution in [0.1, 0.15) is 18.2 Å². The van der Waals surface area contributed by atoms with Crippen LogP contribution in [0.4, 0.5) is 16.4 Å². The molecular weight excluding hydrogens is 372 g/mol. The molecule has 9 heteroatoms. The van der Waals surface area contributed by atoms with Crippen molar-refractivity contribution in [3.8, 4) is 5.75 Å². The van der Waals surface area contributed by atoms with E-state index in [9.17, 15) is 9.59 Å². The molecule has 2 aromatic rings. The molecule has 2 aliphatic rings. The number of carbonyl (C=O) groups is 2. The first-order valence-corrected chi connectivity index (χ1v) is 9.56. The number of hydrogen-bond donors (Lipinski definition) is 1. The number of carbonyl (C=O) groups excluding carboxylic acids is 2. The number of fused-ring (bicyclic) bond motifs is 3. The average Bonchev–Trinajstić information content (AvgIpc) is 3.23. The van der Waals surface area contributed by atoms with Crippen LogP contribution in [0.25, 0.3) is 0 Å². The number of amidine groups is 1. The lowest BCUT2D eigenvalue weighted by Crippen LogP contribution is -2.61. The van der Waals surface area contributed by atoms with Crippen LogP contribution in [0, 0.1) is 6.92 Å². The van der Waals surface area contributed by atoms with Gasteiger partial charge in [0, 0.05) is 20.6 Å². The molecule has 3 amide bonds. The van der Waals surface area contributed by atoms with E-state index in [4.69, 9.17) is 4.74 Å². The zero-order valence-corrected chi connectivity index (χ0v) is 17.0. The number of para-hydroxylation sites is 2. The first-order chi connectivity index (χ1) is 13.9. The molecule has 29 heavy (non-hydrogen) atoms. The van der Waals surface area contributed by atoms with Crippen LogP contribution in [0.5, 0.6) is 5.75 Å². The summed E-state index contributed by atoms with van der Waals surface area (Å²) >= 11 is 0. The molecule has 4 rings (SSSR count). The second-order valence-corrected chi connectivity index (χ2v) is 7.22. The molecule has 1 atom stereocenters. The summed E-state index contributed by atoms with van der Waals surface area (Å²) in [6.45, 7) is 3.50. The van der Waals surface area contributed by atoms with Crippen molar-refractivity contribution in [1.29, 1.82) is 0 Å². The number of rotatable bonds is 6. The fourth-order valence-electron chi connectivity index (χ4n) is 3.84. The largest absolute Gasteiger partial charge is 0.495 e. The molecule has 1 fully saturated rings. The van der Waals surface area contributed by atoms with Crippen LogP contribution >= 0.6 is 0 Å². The molecule has 9 nitrogen and oxygen atoms in total. The SMILES string of the molecule is COc1ccccc1NCCCn1c(C)c[n+]2c1N=C1C2C(=O)N(C)C(=O)N1C. The fourth-order valence-corrected chi connectivity index (χ4v) is 3.84. The molecule has 3 heterocycles. The van der Waals surface area contributed by atoms with Gasteiger partial charge in [-0.15, -0.1) is 0 Å². The summed E-state index contributed by atoms with van der Waals surface area (Å²) in [5.41, 5.74) is 1.98. The monoisotopic (exact) mass is 397 g/mol. The van der Waals surface area contributed by atoms with E-state index in [0.717, 1.165) is 41.5 Å². The summed E-state index contributed by atoms with van der Waals surface area (Å²) in [7, 11) is 4.81. The number of nitrogens with zero attached hydrogens (tertiary/aromatic N) is 5. The number of hydrogen-bond acceptors (Lipinski definition) is 5. The van der Waals surface area contributed by atoms with Gasteiger partial charge < -0.3 is 10.1 Å². The van der Waals surface area contributed by atoms with E-state index in [-0.39, 0.29) is 11.9 Å². The highest BCUT2D eigenvalue weighted by Crippen LogP contribution is 2.29. The Hall–Kier alpha value is -3.36. The number of imidazole rings is 1. The lowest BCUT2D eigenvalue weighted by Gasteiger charge is -2.30. The zero-order chi connectivity index (χ0) is 20.7. The molecule has 0 aliphatic carbocycles. The van der Waals surface area contributed by atoms with Crippen molar-refractivity contribution >= 4 is 29.4 Å². The predicted octanol–water partition coefficient (Wildman–Crippen LogP) is 1.70.